The third-order valence-corrected chi connectivity index (χ3v) is 2.16. The van der Waals surface area contributed by atoms with Crippen molar-refractivity contribution >= 4 is 5.78 Å². The molecule has 4 nitrogen and oxygen atoms in total. The van der Waals surface area contributed by atoms with E-state index in [4.69, 9.17) is 0 Å². The van der Waals surface area contributed by atoms with Gasteiger partial charge in [-0.25, -0.2) is 17.6 Å². The van der Waals surface area contributed by atoms with E-state index in [0.29, 0.717) is 6.07 Å². The summed E-state index contributed by atoms with van der Waals surface area (Å²) in [5, 5.41) is 3.36. The Morgan fingerprint density at radius 3 is 2.42 bits per heavy atom. The van der Waals surface area contributed by atoms with Crippen molar-refractivity contribution in [3.05, 3.63) is 35.7 Å². The maximum atomic E-state index is 13.0. The van der Waals surface area contributed by atoms with Crippen molar-refractivity contribution in [1.82, 2.24) is 10.1 Å². The average Bonchev–Trinajstić information content (AvgIpc) is 2.76. The maximum absolute atomic E-state index is 13.0. The molecule has 0 spiro atoms. The van der Waals surface area contributed by atoms with Gasteiger partial charge in [0, 0.05) is 11.6 Å². The molecule has 0 bridgehead atoms. The van der Waals surface area contributed by atoms with Gasteiger partial charge in [0.1, 0.15) is 11.6 Å². The van der Waals surface area contributed by atoms with E-state index in [9.17, 15) is 22.4 Å². The topological polar surface area (TPSA) is 56.0 Å². The largest absolute Gasteiger partial charge is 0.338 e. The fourth-order valence-electron chi connectivity index (χ4n) is 1.35. The van der Waals surface area contributed by atoms with E-state index in [1.807, 2.05) is 0 Å². The molecule has 100 valence electrons. The lowest BCUT2D eigenvalue weighted by Gasteiger charge is -1.95. The molecule has 2 aromatic rings. The van der Waals surface area contributed by atoms with Gasteiger partial charge in [0.25, 0.3) is 6.43 Å². The van der Waals surface area contributed by atoms with Gasteiger partial charge in [0.15, 0.2) is 0 Å². The number of nitrogens with zero attached hydrogens (tertiary/aromatic N) is 2. The summed E-state index contributed by atoms with van der Waals surface area (Å²) in [7, 11) is 0. The zero-order valence-corrected chi connectivity index (χ0v) is 9.24. The van der Waals surface area contributed by atoms with E-state index >= 15 is 0 Å². The normalized spacial score (nSPS) is 11.0. The van der Waals surface area contributed by atoms with Crippen LogP contribution in [0.25, 0.3) is 11.4 Å². The van der Waals surface area contributed by atoms with Crippen LogP contribution in [-0.2, 0) is 11.2 Å². The van der Waals surface area contributed by atoms with Gasteiger partial charge in [-0.1, -0.05) is 5.16 Å². The molecule has 0 fully saturated rings. The van der Waals surface area contributed by atoms with E-state index in [1.54, 1.807) is 0 Å². The third-order valence-electron chi connectivity index (χ3n) is 2.16. The van der Waals surface area contributed by atoms with Gasteiger partial charge in [0.05, 0.1) is 6.42 Å². The van der Waals surface area contributed by atoms with Crippen LogP contribution in [0.3, 0.4) is 0 Å². The first-order valence-electron chi connectivity index (χ1n) is 5.05. The van der Waals surface area contributed by atoms with E-state index < -0.39 is 30.3 Å². The molecule has 1 aromatic carbocycles. The minimum Gasteiger partial charge on any atom is -0.338 e. The smallest absolute Gasteiger partial charge is 0.296 e. The van der Waals surface area contributed by atoms with Crippen molar-refractivity contribution in [2.75, 3.05) is 0 Å². The highest BCUT2D eigenvalue weighted by atomic mass is 19.3. The quantitative estimate of drug-likeness (QED) is 0.803. The number of carbonyl (C=O) groups is 1. The monoisotopic (exact) mass is 274 g/mol. The average molecular weight is 274 g/mol. The van der Waals surface area contributed by atoms with Crippen LogP contribution in [0.4, 0.5) is 17.6 Å². The lowest BCUT2D eigenvalue weighted by atomic mass is 10.2. The Morgan fingerprint density at radius 2 is 1.84 bits per heavy atom. The predicted molar refractivity (Wildman–Crippen MR) is 54.4 cm³/mol. The molecule has 0 radical (unpaired) electrons. The number of Topliss-reactive ketones (excluding diaryl/α,β-unsaturated/α-hetero) is 1. The highest BCUT2D eigenvalue weighted by Crippen LogP contribution is 2.19. The molecule has 0 aliphatic heterocycles. The Morgan fingerprint density at radius 1 is 1.21 bits per heavy atom. The Hall–Kier alpha value is -2.25. The van der Waals surface area contributed by atoms with Crippen LogP contribution < -0.4 is 0 Å². The van der Waals surface area contributed by atoms with Crippen molar-refractivity contribution in [1.29, 1.82) is 0 Å². The number of hydrogen-bond donors (Lipinski definition) is 0. The van der Waals surface area contributed by atoms with Crippen molar-refractivity contribution in [3.8, 4) is 11.4 Å². The lowest BCUT2D eigenvalue weighted by Crippen LogP contribution is -2.12. The molecule has 0 unspecified atom stereocenters. The number of hydrogen-bond acceptors (Lipinski definition) is 4. The summed E-state index contributed by atoms with van der Waals surface area (Å²) in [4.78, 5) is 14.4. The van der Waals surface area contributed by atoms with Gasteiger partial charge in [-0.15, -0.1) is 0 Å². The Kier molecular flexibility index (Phi) is 3.59. The van der Waals surface area contributed by atoms with Gasteiger partial charge in [-0.3, -0.25) is 4.79 Å². The number of alkyl halides is 2. The van der Waals surface area contributed by atoms with Crippen LogP contribution >= 0.6 is 0 Å². The molecule has 0 amide bonds. The fraction of sp³-hybridized carbons (Fsp3) is 0.182. The zero-order chi connectivity index (χ0) is 14.0. The van der Waals surface area contributed by atoms with Crippen LogP contribution in [0.15, 0.2) is 22.7 Å². The molecule has 0 atom stereocenters. The summed E-state index contributed by atoms with van der Waals surface area (Å²) in [6, 6.07) is 2.56. The zero-order valence-electron chi connectivity index (χ0n) is 9.24. The van der Waals surface area contributed by atoms with Crippen LogP contribution in [0.5, 0.6) is 0 Å². The first-order valence-corrected chi connectivity index (χ1v) is 5.05. The van der Waals surface area contributed by atoms with Gasteiger partial charge in [-0.05, 0) is 12.1 Å². The van der Waals surface area contributed by atoms with Gasteiger partial charge in [-0.2, -0.15) is 4.98 Å². The van der Waals surface area contributed by atoms with Gasteiger partial charge >= 0.3 is 0 Å². The minimum absolute atomic E-state index is 0.0167. The van der Waals surface area contributed by atoms with E-state index in [1.165, 1.54) is 0 Å². The highest BCUT2D eigenvalue weighted by Gasteiger charge is 2.20. The standard InChI is InChI=1S/C11H6F4N2O2/c12-6-1-5(2-7(13)3-6)11-16-9(19-17-11)4-8(18)10(14)15/h1-3,10H,4H2. The predicted octanol–water partition coefficient (Wildman–Crippen LogP) is 2.39. The second kappa shape index (κ2) is 5.17. The number of benzene rings is 1. The molecule has 19 heavy (non-hydrogen) atoms. The molecule has 2 rings (SSSR count). The maximum Gasteiger partial charge on any atom is 0.296 e. The number of ketones is 1. The highest BCUT2D eigenvalue weighted by molar-refractivity contribution is 5.83. The molecule has 1 heterocycles. The molecule has 0 saturated carbocycles. The van der Waals surface area contributed by atoms with Crippen LogP contribution in [0, 0.1) is 11.6 Å². The molecular weight excluding hydrogens is 268 g/mol. The first-order chi connectivity index (χ1) is 8.95. The lowest BCUT2D eigenvalue weighted by molar-refractivity contribution is -0.129. The molecular formula is C11H6F4N2O2. The Bertz CT molecular complexity index is 592. The molecule has 8 heteroatoms. The number of aromatic nitrogens is 2. The summed E-state index contributed by atoms with van der Waals surface area (Å²) < 4.78 is 54.5. The summed E-state index contributed by atoms with van der Waals surface area (Å²) in [5.74, 6) is -3.59. The molecule has 0 aliphatic carbocycles. The van der Waals surface area contributed by atoms with Crippen molar-refractivity contribution in [2.24, 2.45) is 0 Å². The van der Waals surface area contributed by atoms with E-state index in [0.717, 1.165) is 12.1 Å². The van der Waals surface area contributed by atoms with Crippen LogP contribution in [-0.4, -0.2) is 22.3 Å². The summed E-state index contributed by atoms with van der Waals surface area (Å²) in [6.45, 7) is 0. The number of halogens is 4. The fourth-order valence-corrected chi connectivity index (χ4v) is 1.35. The number of rotatable bonds is 4. The number of carbonyl (C=O) groups excluding carboxylic acids is 1. The third kappa shape index (κ3) is 3.15. The SMILES string of the molecule is O=C(Cc1nc(-c2cc(F)cc(F)c2)no1)C(F)F. The first kappa shape index (κ1) is 13.2. The van der Waals surface area contributed by atoms with Gasteiger partial charge in [0.2, 0.25) is 17.5 Å². The summed E-state index contributed by atoms with van der Waals surface area (Å²) in [5.41, 5.74) is -0.0167. The molecule has 0 saturated heterocycles. The second-order valence-electron chi connectivity index (χ2n) is 3.61. The van der Waals surface area contributed by atoms with E-state index in [-0.39, 0.29) is 17.3 Å². The second-order valence-corrected chi connectivity index (χ2v) is 3.61. The molecule has 1 aromatic heterocycles. The molecule has 0 N–H and O–H groups in total. The molecule has 0 aliphatic rings. The van der Waals surface area contributed by atoms with Crippen molar-refractivity contribution in [3.63, 3.8) is 0 Å². The minimum atomic E-state index is -3.14. The van der Waals surface area contributed by atoms with Gasteiger partial charge < -0.3 is 4.52 Å². The van der Waals surface area contributed by atoms with Crippen LogP contribution in [0.1, 0.15) is 5.89 Å². The van der Waals surface area contributed by atoms with Crippen molar-refractivity contribution in [2.45, 2.75) is 12.8 Å². The summed E-state index contributed by atoms with van der Waals surface area (Å²) >= 11 is 0. The van der Waals surface area contributed by atoms with Crippen LogP contribution in [0.2, 0.25) is 0 Å². The Labute approximate surface area is 104 Å². The van der Waals surface area contributed by atoms with E-state index in [2.05, 4.69) is 14.7 Å². The summed E-state index contributed by atoms with van der Waals surface area (Å²) in [6.07, 6.45) is -3.87. The Balaban J connectivity index is 2.23. The van der Waals surface area contributed by atoms with Crippen molar-refractivity contribution < 1.29 is 26.9 Å².